The van der Waals surface area contributed by atoms with Gasteiger partial charge in [-0.2, -0.15) is 4.31 Å². The summed E-state index contributed by atoms with van der Waals surface area (Å²) in [6.07, 6.45) is 0.251. The third-order valence-corrected chi connectivity index (χ3v) is 7.02. The van der Waals surface area contributed by atoms with Crippen molar-refractivity contribution in [2.75, 3.05) is 44.0 Å². The SMILES string of the molecule is COCCOC(=O)Nc1cccc(NC(=O)C2CCN(S(=O)(=O)c3ccccc3)CC2)c1. The Kier molecular flexibility index (Phi) is 8.20. The normalized spacial score (nSPS) is 15.2. The van der Waals surface area contributed by atoms with Gasteiger partial charge in [0.2, 0.25) is 15.9 Å². The highest BCUT2D eigenvalue weighted by Crippen LogP contribution is 2.25. The number of nitrogens with zero attached hydrogens (tertiary/aromatic N) is 1. The molecule has 10 heteroatoms. The Labute approximate surface area is 187 Å². The lowest BCUT2D eigenvalue weighted by Gasteiger charge is -2.30. The van der Waals surface area contributed by atoms with Crippen molar-refractivity contribution >= 4 is 33.4 Å². The summed E-state index contributed by atoms with van der Waals surface area (Å²) in [6, 6.07) is 15.0. The minimum Gasteiger partial charge on any atom is -0.447 e. The van der Waals surface area contributed by atoms with Crippen molar-refractivity contribution < 1.29 is 27.5 Å². The Balaban J connectivity index is 1.52. The van der Waals surface area contributed by atoms with Gasteiger partial charge >= 0.3 is 6.09 Å². The van der Waals surface area contributed by atoms with Gasteiger partial charge < -0.3 is 14.8 Å². The monoisotopic (exact) mass is 461 g/mol. The first-order valence-electron chi connectivity index (χ1n) is 10.3. The number of methoxy groups -OCH3 is 1. The topological polar surface area (TPSA) is 114 Å². The largest absolute Gasteiger partial charge is 0.447 e. The minimum absolute atomic E-state index is 0.136. The van der Waals surface area contributed by atoms with E-state index in [4.69, 9.17) is 9.47 Å². The fourth-order valence-electron chi connectivity index (χ4n) is 3.39. The molecule has 0 bridgehead atoms. The van der Waals surface area contributed by atoms with Crippen molar-refractivity contribution in [2.24, 2.45) is 5.92 Å². The van der Waals surface area contributed by atoms with Gasteiger partial charge in [0.15, 0.2) is 0 Å². The summed E-state index contributed by atoms with van der Waals surface area (Å²) in [7, 11) is -2.04. The number of ether oxygens (including phenoxy) is 2. The Morgan fingerprint density at radius 1 is 0.969 bits per heavy atom. The van der Waals surface area contributed by atoms with Crippen LogP contribution in [0.5, 0.6) is 0 Å². The van der Waals surface area contributed by atoms with E-state index < -0.39 is 16.1 Å². The number of benzene rings is 2. The van der Waals surface area contributed by atoms with Crippen molar-refractivity contribution in [3.05, 3.63) is 54.6 Å². The molecule has 0 unspecified atom stereocenters. The number of rotatable bonds is 8. The van der Waals surface area contributed by atoms with Crippen LogP contribution in [0.4, 0.5) is 16.2 Å². The molecule has 1 aliphatic rings. The molecule has 0 atom stereocenters. The maximum absolute atomic E-state index is 12.7. The maximum atomic E-state index is 12.7. The molecule has 1 heterocycles. The Morgan fingerprint density at radius 3 is 2.28 bits per heavy atom. The molecule has 2 N–H and O–H groups in total. The Bertz CT molecular complexity index is 1020. The van der Waals surface area contributed by atoms with Gasteiger partial charge in [0, 0.05) is 37.5 Å². The van der Waals surface area contributed by atoms with Gasteiger partial charge in [-0.1, -0.05) is 24.3 Å². The zero-order chi connectivity index (χ0) is 23.0. The number of hydrogen-bond donors (Lipinski definition) is 2. The Morgan fingerprint density at radius 2 is 1.62 bits per heavy atom. The summed E-state index contributed by atoms with van der Waals surface area (Å²) < 4.78 is 36.7. The lowest BCUT2D eigenvalue weighted by molar-refractivity contribution is -0.120. The zero-order valence-electron chi connectivity index (χ0n) is 17.8. The average molecular weight is 462 g/mol. The first-order valence-corrected chi connectivity index (χ1v) is 11.7. The fraction of sp³-hybridized carbons (Fsp3) is 0.364. The van der Waals surface area contributed by atoms with Crippen LogP contribution in [0.15, 0.2) is 59.5 Å². The van der Waals surface area contributed by atoms with Crippen molar-refractivity contribution in [1.82, 2.24) is 4.31 Å². The zero-order valence-corrected chi connectivity index (χ0v) is 18.6. The quantitative estimate of drug-likeness (QED) is 0.585. The van der Waals surface area contributed by atoms with Crippen molar-refractivity contribution in [3.63, 3.8) is 0 Å². The molecule has 172 valence electrons. The van der Waals surface area contributed by atoms with E-state index in [-0.39, 0.29) is 36.4 Å². The number of amides is 2. The second-order valence-corrected chi connectivity index (χ2v) is 9.25. The summed E-state index contributed by atoms with van der Waals surface area (Å²) in [5, 5.41) is 5.43. The molecule has 1 fully saturated rings. The summed E-state index contributed by atoms with van der Waals surface area (Å²) >= 11 is 0. The van der Waals surface area contributed by atoms with E-state index in [2.05, 4.69) is 10.6 Å². The number of piperidine rings is 1. The van der Waals surface area contributed by atoms with E-state index in [1.807, 2.05) is 0 Å². The number of nitrogens with one attached hydrogen (secondary N) is 2. The number of carbonyl (C=O) groups excluding carboxylic acids is 2. The molecule has 1 saturated heterocycles. The molecule has 3 rings (SSSR count). The average Bonchev–Trinajstić information content (AvgIpc) is 2.80. The van der Waals surface area contributed by atoms with E-state index in [9.17, 15) is 18.0 Å². The summed E-state index contributed by atoms with van der Waals surface area (Å²) in [4.78, 5) is 24.7. The van der Waals surface area contributed by atoms with Gasteiger partial charge in [-0.25, -0.2) is 13.2 Å². The molecular weight excluding hydrogens is 434 g/mol. The van der Waals surface area contributed by atoms with Crippen LogP contribution >= 0.6 is 0 Å². The van der Waals surface area contributed by atoms with Crippen LogP contribution in [0.3, 0.4) is 0 Å². The molecule has 2 aromatic rings. The smallest absolute Gasteiger partial charge is 0.411 e. The number of anilines is 2. The first-order chi connectivity index (χ1) is 15.4. The Hall–Kier alpha value is -2.95. The summed E-state index contributed by atoms with van der Waals surface area (Å²) in [5.74, 6) is -0.477. The molecule has 0 spiro atoms. The van der Waals surface area contributed by atoms with Crippen LogP contribution in [0, 0.1) is 5.92 Å². The molecule has 2 amide bonds. The summed E-state index contributed by atoms with van der Waals surface area (Å²) in [5.41, 5.74) is 1.01. The van der Waals surface area contributed by atoms with Crippen LogP contribution in [0.1, 0.15) is 12.8 Å². The van der Waals surface area contributed by atoms with Crippen molar-refractivity contribution in [3.8, 4) is 0 Å². The van der Waals surface area contributed by atoms with Gasteiger partial charge in [-0.3, -0.25) is 10.1 Å². The van der Waals surface area contributed by atoms with E-state index in [0.29, 0.717) is 30.8 Å². The molecule has 0 aliphatic carbocycles. The van der Waals surface area contributed by atoms with E-state index >= 15 is 0 Å². The maximum Gasteiger partial charge on any atom is 0.411 e. The standard InChI is InChI=1S/C22H27N3O6S/c1-30-14-15-31-22(27)24-19-7-5-6-18(16-19)23-21(26)17-10-12-25(13-11-17)32(28,29)20-8-3-2-4-9-20/h2-9,16-17H,10-15H2,1H3,(H,23,26)(H,24,27). The molecule has 9 nitrogen and oxygen atoms in total. The predicted octanol–water partition coefficient (Wildman–Crippen LogP) is 2.92. The van der Waals surface area contributed by atoms with Crippen LogP contribution in [0.2, 0.25) is 0 Å². The van der Waals surface area contributed by atoms with Crippen LogP contribution in [-0.4, -0.2) is 58.1 Å². The molecule has 0 aromatic heterocycles. The van der Waals surface area contributed by atoms with Gasteiger partial charge in [0.25, 0.3) is 0 Å². The van der Waals surface area contributed by atoms with E-state index in [1.54, 1.807) is 54.6 Å². The highest BCUT2D eigenvalue weighted by molar-refractivity contribution is 7.89. The van der Waals surface area contributed by atoms with Crippen LogP contribution in [0.25, 0.3) is 0 Å². The van der Waals surface area contributed by atoms with Gasteiger partial charge in [0.05, 0.1) is 11.5 Å². The lowest BCUT2D eigenvalue weighted by Crippen LogP contribution is -2.41. The van der Waals surface area contributed by atoms with Crippen LogP contribution in [-0.2, 0) is 24.3 Å². The summed E-state index contributed by atoms with van der Waals surface area (Å²) in [6.45, 7) is 1.00. The fourth-order valence-corrected chi connectivity index (χ4v) is 4.88. The highest BCUT2D eigenvalue weighted by atomic mass is 32.2. The molecule has 2 aromatic carbocycles. The van der Waals surface area contributed by atoms with Gasteiger partial charge in [0.1, 0.15) is 6.61 Å². The third-order valence-electron chi connectivity index (χ3n) is 5.10. The highest BCUT2D eigenvalue weighted by Gasteiger charge is 2.32. The molecule has 1 aliphatic heterocycles. The predicted molar refractivity (Wildman–Crippen MR) is 120 cm³/mol. The van der Waals surface area contributed by atoms with Crippen LogP contribution < -0.4 is 10.6 Å². The lowest BCUT2D eigenvalue weighted by atomic mass is 9.97. The second kappa shape index (κ2) is 11.1. The number of hydrogen-bond acceptors (Lipinski definition) is 6. The van der Waals surface area contributed by atoms with E-state index in [1.165, 1.54) is 11.4 Å². The molecule has 0 radical (unpaired) electrons. The third kappa shape index (κ3) is 6.28. The second-order valence-electron chi connectivity index (χ2n) is 7.32. The molecular formula is C22H27N3O6S. The minimum atomic E-state index is -3.55. The first kappa shape index (κ1) is 23.7. The molecule has 32 heavy (non-hydrogen) atoms. The van der Waals surface area contributed by atoms with Gasteiger partial charge in [-0.05, 0) is 43.2 Å². The van der Waals surface area contributed by atoms with E-state index in [0.717, 1.165) is 0 Å². The number of carbonyl (C=O) groups is 2. The van der Waals surface area contributed by atoms with Gasteiger partial charge in [-0.15, -0.1) is 0 Å². The van der Waals surface area contributed by atoms with Crippen molar-refractivity contribution in [1.29, 1.82) is 0 Å². The molecule has 0 saturated carbocycles. The van der Waals surface area contributed by atoms with Crippen molar-refractivity contribution in [2.45, 2.75) is 17.7 Å². The number of sulfonamides is 1.